The smallest absolute Gasteiger partial charge is 0.246 e. The lowest BCUT2D eigenvalue weighted by Gasteiger charge is -2.13. The third kappa shape index (κ3) is 4.40. The molecule has 1 aromatic carbocycles. The lowest BCUT2D eigenvalue weighted by Crippen LogP contribution is -2.25. The number of hydroxylamine groups is 2. The van der Waals surface area contributed by atoms with Crippen LogP contribution in [0.5, 0.6) is 0 Å². The van der Waals surface area contributed by atoms with Gasteiger partial charge in [0.25, 0.3) is 0 Å². The maximum atomic E-state index is 11.5. The Morgan fingerprint density at radius 1 is 1.35 bits per heavy atom. The van der Waals surface area contributed by atoms with Crippen molar-refractivity contribution in [3.63, 3.8) is 0 Å². The first-order chi connectivity index (χ1) is 8.04. The van der Waals surface area contributed by atoms with E-state index in [0.29, 0.717) is 6.42 Å². The van der Waals surface area contributed by atoms with Crippen molar-refractivity contribution in [2.45, 2.75) is 25.2 Å². The molecule has 0 aliphatic heterocycles. The van der Waals surface area contributed by atoms with Gasteiger partial charge in [0.05, 0.1) is 7.11 Å². The summed E-state index contributed by atoms with van der Waals surface area (Å²) in [4.78, 5) is 17.5. The van der Waals surface area contributed by atoms with Crippen molar-refractivity contribution >= 4 is 17.7 Å². The number of rotatable bonds is 5. The van der Waals surface area contributed by atoms with E-state index in [1.54, 1.807) is 18.8 Å². The van der Waals surface area contributed by atoms with Gasteiger partial charge in [0, 0.05) is 24.1 Å². The molecule has 0 aliphatic rings. The van der Waals surface area contributed by atoms with Crippen molar-refractivity contribution in [3.8, 4) is 0 Å². The minimum absolute atomic E-state index is 0.00355. The van der Waals surface area contributed by atoms with Gasteiger partial charge >= 0.3 is 0 Å². The van der Waals surface area contributed by atoms with Crippen LogP contribution in [0.25, 0.3) is 0 Å². The first kappa shape index (κ1) is 14.1. The van der Waals surface area contributed by atoms with E-state index in [1.165, 1.54) is 28.2 Å². The van der Waals surface area contributed by atoms with Gasteiger partial charge in [0.1, 0.15) is 0 Å². The molecule has 0 aliphatic carbocycles. The quantitative estimate of drug-likeness (QED) is 0.597. The van der Waals surface area contributed by atoms with Gasteiger partial charge in [0.15, 0.2) is 0 Å². The van der Waals surface area contributed by atoms with Crippen LogP contribution < -0.4 is 0 Å². The number of aryl methyl sites for hydroxylation is 2. The number of hydrogen-bond acceptors (Lipinski definition) is 3. The minimum Gasteiger partial charge on any atom is -0.275 e. The number of carbonyl (C=O) groups is 1. The maximum Gasteiger partial charge on any atom is 0.246 e. The van der Waals surface area contributed by atoms with Crippen LogP contribution in [0.2, 0.25) is 0 Å². The highest BCUT2D eigenvalue weighted by atomic mass is 32.2. The largest absolute Gasteiger partial charge is 0.275 e. The zero-order valence-corrected chi connectivity index (χ0v) is 11.6. The molecule has 0 saturated heterocycles. The summed E-state index contributed by atoms with van der Waals surface area (Å²) in [6.07, 6.45) is 0.488. The molecular weight excluding hydrogens is 234 g/mol. The van der Waals surface area contributed by atoms with Crippen LogP contribution in [-0.2, 0) is 9.63 Å². The van der Waals surface area contributed by atoms with E-state index in [4.69, 9.17) is 4.84 Å². The molecular formula is C13H19NO2S. The van der Waals surface area contributed by atoms with Crippen molar-refractivity contribution in [2.24, 2.45) is 0 Å². The van der Waals surface area contributed by atoms with E-state index in [0.717, 1.165) is 5.75 Å². The molecule has 17 heavy (non-hydrogen) atoms. The van der Waals surface area contributed by atoms with Crippen LogP contribution in [0, 0.1) is 13.8 Å². The van der Waals surface area contributed by atoms with Crippen LogP contribution >= 0.6 is 11.8 Å². The Morgan fingerprint density at radius 2 is 2.06 bits per heavy atom. The number of thioether (sulfide) groups is 1. The van der Waals surface area contributed by atoms with Crippen molar-refractivity contribution in [1.82, 2.24) is 5.06 Å². The minimum atomic E-state index is 0.00355. The summed E-state index contributed by atoms with van der Waals surface area (Å²) in [5.74, 6) is 0.776. The first-order valence-corrected chi connectivity index (χ1v) is 6.54. The molecule has 1 aromatic rings. The van der Waals surface area contributed by atoms with E-state index in [9.17, 15) is 4.79 Å². The molecule has 0 fully saturated rings. The molecule has 0 radical (unpaired) electrons. The molecule has 1 rings (SSSR count). The molecule has 4 heteroatoms. The van der Waals surface area contributed by atoms with Gasteiger partial charge in [-0.1, -0.05) is 6.07 Å². The second-order valence-electron chi connectivity index (χ2n) is 3.92. The zero-order chi connectivity index (χ0) is 12.8. The van der Waals surface area contributed by atoms with Gasteiger partial charge < -0.3 is 0 Å². The Morgan fingerprint density at radius 3 is 2.65 bits per heavy atom. The van der Waals surface area contributed by atoms with Crippen LogP contribution in [-0.4, -0.2) is 30.9 Å². The van der Waals surface area contributed by atoms with Gasteiger partial charge in [-0.2, -0.15) is 0 Å². The molecule has 3 nitrogen and oxygen atoms in total. The summed E-state index contributed by atoms with van der Waals surface area (Å²) in [5.41, 5.74) is 2.58. The molecule has 0 heterocycles. The van der Waals surface area contributed by atoms with E-state index in [-0.39, 0.29) is 5.91 Å². The summed E-state index contributed by atoms with van der Waals surface area (Å²) in [5, 5.41) is 1.26. The molecule has 0 saturated carbocycles. The number of hydrogen-bond donors (Lipinski definition) is 0. The van der Waals surface area contributed by atoms with E-state index >= 15 is 0 Å². The monoisotopic (exact) mass is 253 g/mol. The number of carbonyl (C=O) groups excluding carboxylic acids is 1. The fourth-order valence-electron chi connectivity index (χ4n) is 1.32. The Labute approximate surface area is 107 Å². The molecule has 0 unspecified atom stereocenters. The summed E-state index contributed by atoms with van der Waals surface area (Å²) < 4.78 is 0. The number of nitrogens with zero attached hydrogens (tertiary/aromatic N) is 1. The Kier molecular flexibility index (Phi) is 5.51. The molecule has 1 amide bonds. The van der Waals surface area contributed by atoms with Crippen LogP contribution in [0.3, 0.4) is 0 Å². The number of benzene rings is 1. The maximum absolute atomic E-state index is 11.5. The average Bonchev–Trinajstić information content (AvgIpc) is 2.32. The summed E-state index contributed by atoms with van der Waals surface area (Å²) in [6, 6.07) is 6.36. The van der Waals surface area contributed by atoms with Crippen molar-refractivity contribution in [3.05, 3.63) is 29.3 Å². The summed E-state index contributed by atoms with van der Waals surface area (Å²) >= 11 is 1.70. The van der Waals surface area contributed by atoms with Gasteiger partial charge in [-0.25, -0.2) is 5.06 Å². The van der Waals surface area contributed by atoms with Gasteiger partial charge in [0.2, 0.25) is 5.91 Å². The second-order valence-corrected chi connectivity index (χ2v) is 5.09. The molecule has 0 spiro atoms. The lowest BCUT2D eigenvalue weighted by molar-refractivity contribution is -0.168. The fraction of sp³-hybridized carbons (Fsp3) is 0.462. The first-order valence-electron chi connectivity index (χ1n) is 5.55. The predicted octanol–water partition coefficient (Wildman–Crippen LogP) is 2.81. The van der Waals surface area contributed by atoms with Crippen molar-refractivity contribution < 1.29 is 9.63 Å². The van der Waals surface area contributed by atoms with Crippen LogP contribution in [0.4, 0.5) is 0 Å². The average molecular weight is 253 g/mol. The van der Waals surface area contributed by atoms with Crippen LogP contribution in [0.15, 0.2) is 23.1 Å². The molecule has 0 aromatic heterocycles. The second kappa shape index (κ2) is 6.67. The Balaban J connectivity index is 2.41. The molecule has 0 atom stereocenters. The third-order valence-electron chi connectivity index (χ3n) is 2.69. The zero-order valence-electron chi connectivity index (χ0n) is 10.8. The van der Waals surface area contributed by atoms with Crippen molar-refractivity contribution in [1.29, 1.82) is 0 Å². The summed E-state index contributed by atoms with van der Waals surface area (Å²) in [6.45, 7) is 4.20. The van der Waals surface area contributed by atoms with Gasteiger partial charge in [-0.15, -0.1) is 11.8 Å². The molecule has 0 N–H and O–H groups in total. The SMILES string of the molecule is CON(C)C(=O)CCSc1ccc(C)c(C)c1. The highest BCUT2D eigenvalue weighted by Crippen LogP contribution is 2.21. The Bertz CT molecular complexity index is 393. The van der Waals surface area contributed by atoms with Gasteiger partial charge in [-0.3, -0.25) is 9.63 Å². The highest BCUT2D eigenvalue weighted by Gasteiger charge is 2.07. The van der Waals surface area contributed by atoms with E-state index in [1.807, 2.05) is 0 Å². The molecule has 0 bridgehead atoms. The normalized spacial score (nSPS) is 10.4. The predicted molar refractivity (Wildman–Crippen MR) is 71.0 cm³/mol. The van der Waals surface area contributed by atoms with Crippen molar-refractivity contribution in [2.75, 3.05) is 19.9 Å². The van der Waals surface area contributed by atoms with E-state index in [2.05, 4.69) is 32.0 Å². The standard InChI is InChI=1S/C13H19NO2S/c1-10-5-6-12(9-11(10)2)17-8-7-13(15)14(3)16-4/h5-6,9H,7-8H2,1-4H3. The van der Waals surface area contributed by atoms with Crippen LogP contribution in [0.1, 0.15) is 17.5 Å². The third-order valence-corrected chi connectivity index (χ3v) is 3.68. The van der Waals surface area contributed by atoms with Gasteiger partial charge in [-0.05, 0) is 37.1 Å². The lowest BCUT2D eigenvalue weighted by atomic mass is 10.1. The highest BCUT2D eigenvalue weighted by molar-refractivity contribution is 7.99. The number of amides is 1. The Hall–Kier alpha value is -1.00. The summed E-state index contributed by atoms with van der Waals surface area (Å²) in [7, 11) is 3.12. The fourth-order valence-corrected chi connectivity index (χ4v) is 2.26. The molecule has 94 valence electrons. The van der Waals surface area contributed by atoms with E-state index < -0.39 is 0 Å². The topological polar surface area (TPSA) is 29.5 Å².